The monoisotopic (exact) mass is 519 g/mol. The van der Waals surface area contributed by atoms with Crippen LogP contribution in [-0.4, -0.2) is 37.5 Å². The third-order valence-electron chi connectivity index (χ3n) is 5.43. The first kappa shape index (κ1) is 25.5. The van der Waals surface area contributed by atoms with Crippen molar-refractivity contribution in [3.8, 4) is 11.5 Å². The van der Waals surface area contributed by atoms with Gasteiger partial charge in [0.2, 0.25) is 0 Å². The van der Waals surface area contributed by atoms with Crippen LogP contribution in [0.25, 0.3) is 6.08 Å². The zero-order chi connectivity index (χ0) is 26.5. The molecule has 0 aliphatic carbocycles. The molecule has 1 heterocycles. The molecule has 0 spiro atoms. The first-order valence-corrected chi connectivity index (χ1v) is 11.5. The Morgan fingerprint density at radius 2 is 1.78 bits per heavy atom. The Balaban J connectivity index is 1.53. The number of nitrogens with one attached hydrogen (secondary N) is 2. The van der Waals surface area contributed by atoms with Gasteiger partial charge in [-0.3, -0.25) is 19.7 Å². The van der Waals surface area contributed by atoms with E-state index in [4.69, 9.17) is 21.1 Å². The van der Waals surface area contributed by atoms with Crippen LogP contribution in [0.1, 0.15) is 11.1 Å². The number of methoxy groups -OCH3 is 1. The SMILES string of the molecule is COc1cc(/C=C2\C(=O)NC(=O)N(c3ccc(C)c(Cl)c3)C2=O)ccc1OCC(=O)Nc1ccccc1. The molecule has 0 atom stereocenters. The Morgan fingerprint density at radius 3 is 2.49 bits per heavy atom. The molecule has 37 heavy (non-hydrogen) atoms. The number of benzene rings is 3. The lowest BCUT2D eigenvalue weighted by Crippen LogP contribution is -2.54. The Morgan fingerprint density at radius 1 is 1.03 bits per heavy atom. The molecule has 3 aromatic rings. The quantitative estimate of drug-likeness (QED) is 0.354. The molecule has 5 amide bonds. The Hall–Kier alpha value is -4.63. The van der Waals surface area contributed by atoms with E-state index in [0.717, 1.165) is 10.5 Å². The highest BCUT2D eigenvalue weighted by molar-refractivity contribution is 6.39. The van der Waals surface area contributed by atoms with E-state index in [0.29, 0.717) is 22.0 Å². The minimum absolute atomic E-state index is 0.228. The van der Waals surface area contributed by atoms with Gasteiger partial charge in [-0.1, -0.05) is 41.9 Å². The highest BCUT2D eigenvalue weighted by atomic mass is 35.5. The molecule has 0 unspecified atom stereocenters. The fraction of sp³-hybridized carbons (Fsp3) is 0.111. The molecule has 0 radical (unpaired) electrons. The highest BCUT2D eigenvalue weighted by Crippen LogP contribution is 2.30. The van der Waals surface area contributed by atoms with Crippen molar-refractivity contribution in [1.82, 2.24) is 5.32 Å². The highest BCUT2D eigenvalue weighted by Gasteiger charge is 2.37. The lowest BCUT2D eigenvalue weighted by atomic mass is 10.1. The minimum atomic E-state index is -0.873. The standard InChI is InChI=1S/C27H22ClN3O6/c1-16-8-10-19(14-21(16)28)31-26(34)20(25(33)30-27(31)35)12-17-9-11-22(23(13-17)36-2)37-15-24(32)29-18-6-4-3-5-7-18/h3-14H,15H2,1-2H3,(H,29,32)(H,30,33,35)/b20-12+. The van der Waals surface area contributed by atoms with E-state index < -0.39 is 17.8 Å². The van der Waals surface area contributed by atoms with Crippen LogP contribution in [0, 0.1) is 6.92 Å². The molecule has 1 fully saturated rings. The van der Waals surface area contributed by atoms with Crippen molar-refractivity contribution in [3.05, 3.63) is 88.5 Å². The number of urea groups is 1. The average Bonchev–Trinajstić information content (AvgIpc) is 2.88. The van der Waals surface area contributed by atoms with Gasteiger partial charge in [-0.25, -0.2) is 9.69 Å². The number of carbonyl (C=O) groups is 4. The molecule has 1 aliphatic heterocycles. The number of para-hydroxylation sites is 1. The van der Waals surface area contributed by atoms with Gasteiger partial charge in [0.25, 0.3) is 17.7 Å². The van der Waals surface area contributed by atoms with Crippen LogP contribution in [-0.2, 0) is 14.4 Å². The van der Waals surface area contributed by atoms with Crippen LogP contribution in [0.4, 0.5) is 16.2 Å². The summed E-state index contributed by atoms with van der Waals surface area (Å²) < 4.78 is 11.0. The second-order valence-electron chi connectivity index (χ2n) is 8.00. The van der Waals surface area contributed by atoms with E-state index in [9.17, 15) is 19.2 Å². The summed E-state index contributed by atoms with van der Waals surface area (Å²) >= 11 is 6.16. The third kappa shape index (κ3) is 5.79. The number of hydrogen-bond donors (Lipinski definition) is 2. The summed E-state index contributed by atoms with van der Waals surface area (Å²) in [7, 11) is 1.42. The van der Waals surface area contributed by atoms with Crippen LogP contribution in [0.15, 0.2) is 72.3 Å². The second kappa shape index (κ2) is 11.0. The maximum absolute atomic E-state index is 13.1. The maximum Gasteiger partial charge on any atom is 0.335 e. The maximum atomic E-state index is 13.1. The topological polar surface area (TPSA) is 114 Å². The van der Waals surface area contributed by atoms with Crippen molar-refractivity contribution < 1.29 is 28.7 Å². The van der Waals surface area contributed by atoms with Crippen molar-refractivity contribution in [2.75, 3.05) is 23.9 Å². The molecule has 1 saturated heterocycles. The molecule has 4 rings (SSSR count). The van der Waals surface area contributed by atoms with Gasteiger partial charge >= 0.3 is 6.03 Å². The minimum Gasteiger partial charge on any atom is -0.493 e. The molecule has 10 heteroatoms. The summed E-state index contributed by atoms with van der Waals surface area (Å²) in [6.45, 7) is 1.53. The smallest absolute Gasteiger partial charge is 0.335 e. The van der Waals surface area contributed by atoms with Gasteiger partial charge in [0.05, 0.1) is 12.8 Å². The number of barbiturate groups is 1. The third-order valence-corrected chi connectivity index (χ3v) is 5.84. The molecular formula is C27H22ClN3O6. The van der Waals surface area contributed by atoms with Gasteiger partial charge < -0.3 is 14.8 Å². The number of nitrogens with zero attached hydrogens (tertiary/aromatic N) is 1. The zero-order valence-electron chi connectivity index (χ0n) is 19.9. The van der Waals surface area contributed by atoms with Crippen molar-refractivity contribution in [2.45, 2.75) is 6.92 Å². The summed E-state index contributed by atoms with van der Waals surface area (Å²) in [6.07, 6.45) is 1.33. The van der Waals surface area contributed by atoms with E-state index in [-0.39, 0.29) is 29.5 Å². The Kier molecular flexibility index (Phi) is 7.55. The van der Waals surface area contributed by atoms with Gasteiger partial charge in [0, 0.05) is 10.7 Å². The van der Waals surface area contributed by atoms with E-state index in [1.807, 2.05) is 6.07 Å². The van der Waals surface area contributed by atoms with Crippen LogP contribution in [0.3, 0.4) is 0 Å². The van der Waals surface area contributed by atoms with Gasteiger partial charge in [0.15, 0.2) is 18.1 Å². The fourth-order valence-electron chi connectivity index (χ4n) is 3.53. The van der Waals surface area contributed by atoms with Crippen molar-refractivity contribution in [1.29, 1.82) is 0 Å². The molecule has 0 aromatic heterocycles. The van der Waals surface area contributed by atoms with Crippen molar-refractivity contribution >= 4 is 52.8 Å². The van der Waals surface area contributed by atoms with E-state index >= 15 is 0 Å². The first-order valence-electron chi connectivity index (χ1n) is 11.1. The summed E-state index contributed by atoms with van der Waals surface area (Å²) in [6, 6.07) is 17.5. The molecular weight excluding hydrogens is 498 g/mol. The number of amides is 5. The average molecular weight is 520 g/mol. The molecule has 188 valence electrons. The van der Waals surface area contributed by atoms with Crippen LogP contribution in [0.5, 0.6) is 11.5 Å². The number of halogens is 1. The summed E-state index contributed by atoms with van der Waals surface area (Å²) in [5.41, 5.74) is 1.82. The Labute approximate surface area is 217 Å². The number of rotatable bonds is 7. The fourth-order valence-corrected chi connectivity index (χ4v) is 3.71. The van der Waals surface area contributed by atoms with Crippen LogP contribution >= 0.6 is 11.6 Å². The normalized spacial score (nSPS) is 14.4. The second-order valence-corrected chi connectivity index (χ2v) is 8.41. The van der Waals surface area contributed by atoms with Crippen LogP contribution in [0.2, 0.25) is 5.02 Å². The molecule has 2 N–H and O–H groups in total. The van der Waals surface area contributed by atoms with Gasteiger partial charge in [-0.05, 0) is 60.5 Å². The molecule has 1 aliphatic rings. The van der Waals surface area contributed by atoms with Gasteiger partial charge in [-0.2, -0.15) is 0 Å². The number of imide groups is 2. The van der Waals surface area contributed by atoms with Crippen LogP contribution < -0.4 is 25.0 Å². The number of carbonyl (C=O) groups excluding carboxylic acids is 4. The lowest BCUT2D eigenvalue weighted by Gasteiger charge is -2.26. The largest absolute Gasteiger partial charge is 0.493 e. The summed E-state index contributed by atoms with van der Waals surface area (Å²) in [5.74, 6) is -1.42. The summed E-state index contributed by atoms with van der Waals surface area (Å²) in [4.78, 5) is 51.1. The molecule has 0 bridgehead atoms. The first-order chi connectivity index (χ1) is 17.8. The zero-order valence-corrected chi connectivity index (χ0v) is 20.7. The number of aryl methyl sites for hydroxylation is 1. The van der Waals surface area contributed by atoms with E-state index in [2.05, 4.69) is 10.6 Å². The predicted molar refractivity (Wildman–Crippen MR) is 139 cm³/mol. The van der Waals surface area contributed by atoms with E-state index in [1.54, 1.807) is 61.5 Å². The molecule has 3 aromatic carbocycles. The Bertz CT molecular complexity index is 1420. The molecule has 9 nitrogen and oxygen atoms in total. The summed E-state index contributed by atoms with van der Waals surface area (Å²) in [5, 5.41) is 5.26. The number of ether oxygens (including phenoxy) is 2. The van der Waals surface area contributed by atoms with Gasteiger partial charge in [0.1, 0.15) is 5.57 Å². The van der Waals surface area contributed by atoms with E-state index in [1.165, 1.54) is 19.3 Å². The lowest BCUT2D eigenvalue weighted by molar-refractivity contribution is -0.122. The number of hydrogen-bond acceptors (Lipinski definition) is 6. The predicted octanol–water partition coefficient (Wildman–Crippen LogP) is 4.34. The number of anilines is 2. The van der Waals surface area contributed by atoms with Gasteiger partial charge in [-0.15, -0.1) is 0 Å². The van der Waals surface area contributed by atoms with Crippen molar-refractivity contribution in [2.24, 2.45) is 0 Å². The van der Waals surface area contributed by atoms with Crippen molar-refractivity contribution in [3.63, 3.8) is 0 Å². The molecule has 0 saturated carbocycles.